The molecule has 1 aliphatic rings. The molecule has 0 saturated carbocycles. The van der Waals surface area contributed by atoms with Gasteiger partial charge in [0.25, 0.3) is 5.91 Å². The van der Waals surface area contributed by atoms with Gasteiger partial charge in [-0.2, -0.15) is 4.39 Å². The minimum atomic E-state index is -1.73. The predicted molar refractivity (Wildman–Crippen MR) is 63.7 cm³/mol. The highest BCUT2D eigenvalue weighted by molar-refractivity contribution is 5.95. The summed E-state index contributed by atoms with van der Waals surface area (Å²) in [5.74, 6) is -7.27. The first-order valence-corrected chi connectivity index (χ1v) is 6.05. The number of benzene rings is 1. The zero-order chi connectivity index (χ0) is 15.2. The maximum absolute atomic E-state index is 13.6. The number of phenols is 1. The van der Waals surface area contributed by atoms with Gasteiger partial charge in [0.2, 0.25) is 5.82 Å². The van der Waals surface area contributed by atoms with Crippen LogP contribution in [0.25, 0.3) is 0 Å². The lowest BCUT2D eigenvalue weighted by atomic mass is 9.82. The number of aliphatic hydroxyl groups is 1. The van der Waals surface area contributed by atoms with Crippen molar-refractivity contribution in [1.82, 2.24) is 4.90 Å². The molecule has 1 heterocycles. The third kappa shape index (κ3) is 2.11. The number of halogens is 3. The Bertz CT molecular complexity index is 568. The minimum absolute atomic E-state index is 0.0251. The molecule has 7 heteroatoms. The molecule has 4 nitrogen and oxygen atoms in total. The van der Waals surface area contributed by atoms with E-state index in [2.05, 4.69) is 0 Å². The summed E-state index contributed by atoms with van der Waals surface area (Å²) in [7, 11) is 0. The monoisotopic (exact) mass is 289 g/mol. The number of likely N-dealkylation sites (tertiary alicyclic amines) is 1. The second-order valence-electron chi connectivity index (χ2n) is 5.30. The lowest BCUT2D eigenvalue weighted by Crippen LogP contribution is -2.66. The number of hydrogen-bond acceptors (Lipinski definition) is 3. The highest BCUT2D eigenvalue weighted by Gasteiger charge is 2.46. The largest absolute Gasteiger partial charge is 0.503 e. The molecule has 1 amide bonds. The average molecular weight is 289 g/mol. The van der Waals surface area contributed by atoms with Crippen molar-refractivity contribution in [3.8, 4) is 5.75 Å². The Morgan fingerprint density at radius 3 is 2.35 bits per heavy atom. The second kappa shape index (κ2) is 4.66. The van der Waals surface area contributed by atoms with E-state index in [1.165, 1.54) is 0 Å². The Labute approximate surface area is 113 Å². The smallest absolute Gasteiger partial charge is 0.257 e. The summed E-state index contributed by atoms with van der Waals surface area (Å²) in [6.07, 6.45) is 0. The van der Waals surface area contributed by atoms with Crippen LogP contribution in [0, 0.1) is 23.4 Å². The molecule has 2 rings (SSSR count). The third-order valence-electron chi connectivity index (χ3n) is 3.65. The molecule has 1 aliphatic heterocycles. The fourth-order valence-corrected chi connectivity index (χ4v) is 2.04. The summed E-state index contributed by atoms with van der Waals surface area (Å²) in [5, 5.41) is 19.1. The molecule has 1 aromatic rings. The van der Waals surface area contributed by atoms with Crippen LogP contribution in [0.3, 0.4) is 0 Å². The molecule has 2 N–H and O–H groups in total. The average Bonchev–Trinajstić information content (AvgIpc) is 2.35. The van der Waals surface area contributed by atoms with E-state index in [1.54, 1.807) is 13.8 Å². The number of rotatable bonds is 2. The van der Waals surface area contributed by atoms with Crippen LogP contribution in [0.15, 0.2) is 6.07 Å². The van der Waals surface area contributed by atoms with Crippen molar-refractivity contribution in [1.29, 1.82) is 0 Å². The fourth-order valence-electron chi connectivity index (χ4n) is 2.04. The van der Waals surface area contributed by atoms with E-state index in [4.69, 9.17) is 5.11 Å². The first-order chi connectivity index (χ1) is 9.17. The molecular weight excluding hydrogens is 275 g/mol. The van der Waals surface area contributed by atoms with Crippen molar-refractivity contribution in [2.75, 3.05) is 13.1 Å². The van der Waals surface area contributed by atoms with E-state index in [-0.39, 0.29) is 19.0 Å². The molecule has 0 radical (unpaired) electrons. The van der Waals surface area contributed by atoms with Gasteiger partial charge in [-0.1, -0.05) is 13.8 Å². The van der Waals surface area contributed by atoms with E-state index >= 15 is 0 Å². The number of β-amino-alcohol motifs (C(OH)–C–C–N with tert-alkyl or cyclic N) is 1. The Kier molecular flexibility index (Phi) is 3.41. The zero-order valence-electron chi connectivity index (χ0n) is 11.0. The van der Waals surface area contributed by atoms with E-state index < -0.39 is 40.3 Å². The second-order valence-corrected chi connectivity index (χ2v) is 5.30. The summed E-state index contributed by atoms with van der Waals surface area (Å²) in [5.41, 5.74) is -1.82. The number of nitrogens with zero attached hydrogens (tertiary/aromatic N) is 1. The van der Waals surface area contributed by atoms with Gasteiger partial charge in [0.05, 0.1) is 18.7 Å². The van der Waals surface area contributed by atoms with Crippen LogP contribution in [0.4, 0.5) is 13.2 Å². The van der Waals surface area contributed by atoms with Crippen LogP contribution in [0.1, 0.15) is 24.2 Å². The maximum Gasteiger partial charge on any atom is 0.257 e. The molecule has 0 spiro atoms. The number of hydrogen-bond donors (Lipinski definition) is 2. The van der Waals surface area contributed by atoms with E-state index in [9.17, 15) is 23.1 Å². The summed E-state index contributed by atoms with van der Waals surface area (Å²) in [4.78, 5) is 13.1. The van der Waals surface area contributed by atoms with Gasteiger partial charge in [-0.15, -0.1) is 0 Å². The van der Waals surface area contributed by atoms with Crippen molar-refractivity contribution in [2.24, 2.45) is 5.92 Å². The van der Waals surface area contributed by atoms with Gasteiger partial charge in [0.1, 0.15) is 5.60 Å². The summed E-state index contributed by atoms with van der Waals surface area (Å²) >= 11 is 0. The molecule has 1 aromatic carbocycles. The molecule has 1 fully saturated rings. The lowest BCUT2D eigenvalue weighted by Gasteiger charge is -2.49. The van der Waals surface area contributed by atoms with Crippen molar-refractivity contribution >= 4 is 5.91 Å². The Hall–Kier alpha value is -1.76. The first kappa shape index (κ1) is 14.6. The van der Waals surface area contributed by atoms with Gasteiger partial charge in [-0.25, -0.2) is 8.78 Å². The Balaban J connectivity index is 2.25. The van der Waals surface area contributed by atoms with Crippen LogP contribution < -0.4 is 0 Å². The van der Waals surface area contributed by atoms with E-state index in [1.807, 2.05) is 0 Å². The van der Waals surface area contributed by atoms with Crippen LogP contribution in [0.5, 0.6) is 5.75 Å². The van der Waals surface area contributed by atoms with Crippen LogP contribution in [-0.4, -0.2) is 39.7 Å². The topological polar surface area (TPSA) is 60.8 Å². The fraction of sp³-hybridized carbons (Fsp3) is 0.462. The zero-order valence-corrected chi connectivity index (χ0v) is 11.0. The number of carbonyl (C=O) groups excluding carboxylic acids is 1. The number of amides is 1. The van der Waals surface area contributed by atoms with Crippen molar-refractivity contribution in [2.45, 2.75) is 19.4 Å². The molecule has 0 atom stereocenters. The van der Waals surface area contributed by atoms with Gasteiger partial charge in [0, 0.05) is 0 Å². The van der Waals surface area contributed by atoms with Gasteiger partial charge in [0.15, 0.2) is 17.4 Å². The Morgan fingerprint density at radius 2 is 1.85 bits per heavy atom. The maximum atomic E-state index is 13.6. The Morgan fingerprint density at radius 1 is 1.30 bits per heavy atom. The summed E-state index contributed by atoms with van der Waals surface area (Å²) in [6, 6.07) is 0.402. The van der Waals surface area contributed by atoms with Crippen molar-refractivity contribution in [3.63, 3.8) is 0 Å². The van der Waals surface area contributed by atoms with Crippen molar-refractivity contribution < 1.29 is 28.2 Å². The van der Waals surface area contributed by atoms with Crippen LogP contribution >= 0.6 is 0 Å². The van der Waals surface area contributed by atoms with Crippen LogP contribution in [-0.2, 0) is 0 Å². The highest BCUT2D eigenvalue weighted by atomic mass is 19.2. The molecule has 0 aliphatic carbocycles. The SMILES string of the molecule is CC(C)C1(O)CN(C(=O)c2cc(F)c(F)c(O)c2F)C1. The van der Waals surface area contributed by atoms with Gasteiger partial charge in [-0.05, 0) is 12.0 Å². The van der Waals surface area contributed by atoms with Gasteiger partial charge in [-0.3, -0.25) is 4.79 Å². The first-order valence-electron chi connectivity index (χ1n) is 6.05. The standard InChI is InChI=1S/C13H14F3NO3/c1-6(2)13(20)4-17(5-13)12(19)7-3-8(14)10(16)11(18)9(7)15/h3,6,18,20H,4-5H2,1-2H3. The number of aromatic hydroxyl groups is 1. The third-order valence-corrected chi connectivity index (χ3v) is 3.65. The molecule has 0 bridgehead atoms. The number of carbonyl (C=O) groups is 1. The van der Waals surface area contributed by atoms with Crippen LogP contribution in [0.2, 0.25) is 0 Å². The van der Waals surface area contributed by atoms with Gasteiger partial charge < -0.3 is 15.1 Å². The molecule has 110 valence electrons. The molecule has 0 unspecified atom stereocenters. The van der Waals surface area contributed by atoms with Gasteiger partial charge >= 0.3 is 0 Å². The van der Waals surface area contributed by atoms with E-state index in [0.29, 0.717) is 6.07 Å². The normalized spacial score (nSPS) is 17.2. The number of phenolic OH excluding ortho intramolecular Hbond substituents is 1. The van der Waals surface area contributed by atoms with Crippen molar-refractivity contribution in [3.05, 3.63) is 29.1 Å². The van der Waals surface area contributed by atoms with E-state index in [0.717, 1.165) is 4.90 Å². The molecular formula is C13H14F3NO3. The lowest BCUT2D eigenvalue weighted by molar-refractivity contribution is -0.111. The minimum Gasteiger partial charge on any atom is -0.503 e. The summed E-state index contributed by atoms with van der Waals surface area (Å²) in [6.45, 7) is 3.49. The molecule has 20 heavy (non-hydrogen) atoms. The summed E-state index contributed by atoms with van der Waals surface area (Å²) < 4.78 is 39.7. The molecule has 0 aromatic heterocycles. The predicted octanol–water partition coefficient (Wildman–Crippen LogP) is 1.65. The molecule has 1 saturated heterocycles. The quantitative estimate of drug-likeness (QED) is 0.814. The highest BCUT2D eigenvalue weighted by Crippen LogP contribution is 2.32.